The van der Waals surface area contributed by atoms with Gasteiger partial charge in [0.25, 0.3) is 0 Å². The summed E-state index contributed by atoms with van der Waals surface area (Å²) in [5.41, 5.74) is 0. The molecular weight excluding hydrogens is 1410 g/mol. The van der Waals surface area contributed by atoms with Gasteiger partial charge in [0.1, 0.15) is 19.3 Å². The Bertz CT molecular complexity index is 2110. The Labute approximate surface area is 670 Å². The molecule has 109 heavy (non-hydrogen) atoms. The van der Waals surface area contributed by atoms with Gasteiger partial charge in [-0.05, 0) is 49.4 Å². The third kappa shape index (κ3) is 81.0. The lowest BCUT2D eigenvalue weighted by Gasteiger charge is -2.21. The predicted octanol–water partition coefficient (Wildman–Crippen LogP) is 27.5. The predicted molar refractivity (Wildman–Crippen MR) is 451 cm³/mol. The first-order valence-corrected chi connectivity index (χ1v) is 49.3. The van der Waals surface area contributed by atoms with Crippen LogP contribution in [0.2, 0.25) is 0 Å². The summed E-state index contributed by atoms with van der Waals surface area (Å²) in [4.78, 5) is 73.3. The summed E-state index contributed by atoms with van der Waals surface area (Å²) in [6.07, 6.45) is 69.6. The maximum absolute atomic E-state index is 13.2. The minimum atomic E-state index is -4.97. The molecule has 0 aromatic carbocycles. The Morgan fingerprint density at radius 3 is 0.651 bits per heavy atom. The third-order valence-corrected chi connectivity index (χ3v) is 23.7. The number of phosphoric acid groups is 2. The van der Waals surface area contributed by atoms with Gasteiger partial charge in [-0.25, -0.2) is 9.13 Å². The van der Waals surface area contributed by atoms with E-state index < -0.39 is 97.5 Å². The highest BCUT2D eigenvalue weighted by molar-refractivity contribution is 7.47. The molecule has 19 heteroatoms. The fraction of sp³-hybridized carbons (Fsp3) is 0.956. The molecule has 0 aliphatic carbocycles. The van der Waals surface area contributed by atoms with E-state index in [4.69, 9.17) is 37.0 Å². The van der Waals surface area contributed by atoms with Gasteiger partial charge in [0.05, 0.1) is 26.4 Å². The first-order valence-electron chi connectivity index (χ1n) is 46.3. The highest BCUT2D eigenvalue weighted by Gasteiger charge is 2.31. The molecule has 0 aromatic rings. The average Bonchev–Trinajstić information content (AvgIpc) is 0.898. The minimum Gasteiger partial charge on any atom is -0.462 e. The van der Waals surface area contributed by atoms with Gasteiger partial charge in [0.2, 0.25) is 0 Å². The molecule has 0 radical (unpaired) electrons. The standard InChI is InChI=1S/C90H176O17P2/c1-9-82(7)68-60-52-44-36-30-23-19-15-11-13-17-21-25-32-38-46-54-62-70-87(92)100-76-85(106-90(95)73-65-57-48-40-34-28-27-29-35-42-50-58-66-80(3)4)78-104-108(96,97)102-74-84(91)75-103-109(98,99)105-79-86(77-101-88(93)71-63-55-49-41-43-51-59-67-81(5)6)107-89(94)72-64-56-47-39-33-26-22-18-14-12-16-20-24-31-37-45-53-61-69-83(8)10-2/h80-86,91H,9-79H2,1-8H3,(H,96,97)(H,98,99)/t82?,83?,84?,85-,86-/m1/s1. The summed E-state index contributed by atoms with van der Waals surface area (Å²) in [5.74, 6) is 1.12. The van der Waals surface area contributed by atoms with E-state index >= 15 is 0 Å². The zero-order chi connectivity index (χ0) is 80.2. The molecule has 0 aliphatic heterocycles. The molecule has 0 saturated heterocycles. The zero-order valence-corrected chi connectivity index (χ0v) is 74.0. The van der Waals surface area contributed by atoms with Crippen LogP contribution >= 0.6 is 15.6 Å². The number of aliphatic hydroxyl groups is 1. The minimum absolute atomic E-state index is 0.107. The van der Waals surface area contributed by atoms with E-state index in [1.165, 1.54) is 270 Å². The molecule has 0 rings (SSSR count). The number of esters is 4. The normalized spacial score (nSPS) is 14.4. The van der Waals surface area contributed by atoms with E-state index in [0.717, 1.165) is 114 Å². The van der Waals surface area contributed by atoms with Crippen LogP contribution in [-0.2, 0) is 65.4 Å². The molecule has 17 nitrogen and oxygen atoms in total. The highest BCUT2D eigenvalue weighted by atomic mass is 31.2. The van der Waals surface area contributed by atoms with Crippen molar-refractivity contribution < 1.29 is 80.2 Å². The largest absolute Gasteiger partial charge is 0.472 e. The molecule has 0 heterocycles. The van der Waals surface area contributed by atoms with Gasteiger partial charge in [-0.2, -0.15) is 0 Å². The molecule has 7 atom stereocenters. The van der Waals surface area contributed by atoms with Crippen molar-refractivity contribution in [3.05, 3.63) is 0 Å². The lowest BCUT2D eigenvalue weighted by molar-refractivity contribution is -0.161. The average molecular weight is 1590 g/mol. The van der Waals surface area contributed by atoms with Crippen molar-refractivity contribution in [2.45, 2.75) is 491 Å². The van der Waals surface area contributed by atoms with Gasteiger partial charge in [0, 0.05) is 25.7 Å². The molecule has 0 fully saturated rings. The molecular formula is C90H176O17P2. The first-order chi connectivity index (χ1) is 52.7. The Hall–Kier alpha value is -1.94. The summed E-state index contributed by atoms with van der Waals surface area (Å²) in [5, 5.41) is 10.7. The van der Waals surface area contributed by atoms with Gasteiger partial charge in [-0.15, -0.1) is 0 Å². The van der Waals surface area contributed by atoms with Crippen LogP contribution in [0, 0.1) is 23.7 Å². The maximum Gasteiger partial charge on any atom is 0.472 e. The molecule has 648 valence electrons. The van der Waals surface area contributed by atoms with Gasteiger partial charge < -0.3 is 33.8 Å². The van der Waals surface area contributed by atoms with Crippen molar-refractivity contribution in [2.24, 2.45) is 23.7 Å². The van der Waals surface area contributed by atoms with E-state index in [-0.39, 0.29) is 25.7 Å². The SMILES string of the molecule is CCC(C)CCCCCCCCCCCCCCCCCCCCC(=O)OC[C@H](COP(=O)(O)OCC(O)COP(=O)(O)OC[C@@H](COC(=O)CCCCCCCCCC(C)C)OC(=O)CCCCCCCCCCCCCCCCCCCCC(C)CC)OC(=O)CCCCCCCCCCCCCCC(C)C. The van der Waals surface area contributed by atoms with Crippen molar-refractivity contribution in [3.63, 3.8) is 0 Å². The van der Waals surface area contributed by atoms with Crippen molar-refractivity contribution >= 4 is 39.5 Å². The molecule has 0 spiro atoms. The fourth-order valence-electron chi connectivity index (χ4n) is 14.0. The lowest BCUT2D eigenvalue weighted by atomic mass is 9.99. The molecule has 0 bridgehead atoms. The summed E-state index contributed by atoms with van der Waals surface area (Å²) >= 11 is 0. The number of unbranched alkanes of at least 4 members (excludes halogenated alkanes) is 51. The number of carbonyl (C=O) groups excluding carboxylic acids is 4. The molecule has 0 saturated carbocycles. The zero-order valence-electron chi connectivity index (χ0n) is 72.2. The Morgan fingerprint density at radius 2 is 0.440 bits per heavy atom. The van der Waals surface area contributed by atoms with Crippen LogP contribution < -0.4 is 0 Å². The number of rotatable bonds is 87. The molecule has 5 unspecified atom stereocenters. The summed E-state index contributed by atoms with van der Waals surface area (Å²) < 4.78 is 69.0. The van der Waals surface area contributed by atoms with Crippen LogP contribution in [0.3, 0.4) is 0 Å². The fourth-order valence-corrected chi connectivity index (χ4v) is 15.5. The van der Waals surface area contributed by atoms with Crippen molar-refractivity contribution in [1.29, 1.82) is 0 Å². The van der Waals surface area contributed by atoms with Crippen molar-refractivity contribution in [3.8, 4) is 0 Å². The lowest BCUT2D eigenvalue weighted by Crippen LogP contribution is -2.30. The second kappa shape index (κ2) is 78.6. The van der Waals surface area contributed by atoms with Crippen LogP contribution in [0.15, 0.2) is 0 Å². The van der Waals surface area contributed by atoms with Crippen LogP contribution in [0.5, 0.6) is 0 Å². The summed E-state index contributed by atoms with van der Waals surface area (Å²) in [7, 11) is -9.93. The number of hydrogen-bond donors (Lipinski definition) is 3. The Kier molecular flexibility index (Phi) is 77.2. The van der Waals surface area contributed by atoms with E-state index in [1.54, 1.807) is 0 Å². The molecule has 3 N–H and O–H groups in total. The van der Waals surface area contributed by atoms with E-state index in [1.807, 2.05) is 0 Å². The van der Waals surface area contributed by atoms with Crippen molar-refractivity contribution in [1.82, 2.24) is 0 Å². The van der Waals surface area contributed by atoms with E-state index in [0.29, 0.717) is 31.6 Å². The second-order valence-corrected chi connectivity index (χ2v) is 36.7. The maximum atomic E-state index is 13.2. The second-order valence-electron chi connectivity index (χ2n) is 33.8. The van der Waals surface area contributed by atoms with Gasteiger partial charge in [-0.3, -0.25) is 37.3 Å². The third-order valence-electron chi connectivity index (χ3n) is 21.8. The van der Waals surface area contributed by atoms with Gasteiger partial charge >= 0.3 is 39.5 Å². The summed E-state index contributed by atoms with van der Waals surface area (Å²) in [6.45, 7) is 14.4. The number of phosphoric ester groups is 2. The molecule has 0 aromatic heterocycles. The number of carbonyl (C=O) groups is 4. The van der Waals surface area contributed by atoms with Crippen LogP contribution in [0.25, 0.3) is 0 Å². The van der Waals surface area contributed by atoms with E-state index in [9.17, 15) is 43.2 Å². The van der Waals surface area contributed by atoms with Crippen LogP contribution in [0.1, 0.15) is 473 Å². The number of hydrogen-bond acceptors (Lipinski definition) is 15. The first kappa shape index (κ1) is 107. The smallest absolute Gasteiger partial charge is 0.462 e. The molecule has 0 aliphatic rings. The Balaban J connectivity index is 5.17. The van der Waals surface area contributed by atoms with Crippen LogP contribution in [-0.4, -0.2) is 96.7 Å². The quantitative estimate of drug-likeness (QED) is 0.0222. The van der Waals surface area contributed by atoms with Gasteiger partial charge in [0.15, 0.2) is 12.2 Å². The van der Waals surface area contributed by atoms with Crippen molar-refractivity contribution in [2.75, 3.05) is 39.6 Å². The number of ether oxygens (including phenoxy) is 4. The van der Waals surface area contributed by atoms with Crippen LogP contribution in [0.4, 0.5) is 0 Å². The highest BCUT2D eigenvalue weighted by Crippen LogP contribution is 2.45. The summed E-state index contributed by atoms with van der Waals surface area (Å²) in [6, 6.07) is 0. The monoisotopic (exact) mass is 1590 g/mol. The topological polar surface area (TPSA) is 237 Å². The van der Waals surface area contributed by atoms with E-state index in [2.05, 4.69) is 55.4 Å². The van der Waals surface area contributed by atoms with Gasteiger partial charge in [-0.1, -0.05) is 421 Å². The Morgan fingerprint density at radius 1 is 0.257 bits per heavy atom. The molecule has 0 amide bonds. The number of aliphatic hydroxyl groups excluding tert-OH is 1.